The second-order valence-electron chi connectivity index (χ2n) is 6.77. The van der Waals surface area contributed by atoms with Gasteiger partial charge in [-0.15, -0.1) is 0 Å². The topological polar surface area (TPSA) is 93.3 Å². The fraction of sp³-hybridized carbons (Fsp3) is 0.444. The zero-order chi connectivity index (χ0) is 17.2. The molecule has 2 aliphatic heterocycles. The number of carbonyl (C=O) groups is 1. The van der Waals surface area contributed by atoms with Crippen molar-refractivity contribution in [2.24, 2.45) is 0 Å². The molecular weight excluding hydrogens is 318 g/mol. The van der Waals surface area contributed by atoms with Crippen LogP contribution < -0.4 is 10.6 Å². The SMILES string of the molecule is O=C(NC[C@@H](O)CN1CCc2ccccc2C1)C1NCc2[nH]ncc21. The molecular formula is C18H23N5O2. The number of aliphatic hydroxyl groups is 1. The van der Waals surface area contributed by atoms with Gasteiger partial charge < -0.3 is 10.4 Å². The zero-order valence-electron chi connectivity index (χ0n) is 14.0. The fourth-order valence-corrected chi connectivity index (χ4v) is 3.65. The van der Waals surface area contributed by atoms with E-state index in [9.17, 15) is 9.90 Å². The first kappa shape index (κ1) is 16.3. The minimum Gasteiger partial charge on any atom is -0.390 e. The molecule has 0 aliphatic carbocycles. The van der Waals surface area contributed by atoms with Gasteiger partial charge in [-0.3, -0.25) is 20.1 Å². The van der Waals surface area contributed by atoms with Gasteiger partial charge in [0.1, 0.15) is 6.04 Å². The van der Waals surface area contributed by atoms with Gasteiger partial charge in [0, 0.05) is 38.3 Å². The summed E-state index contributed by atoms with van der Waals surface area (Å²) in [4.78, 5) is 14.6. The predicted molar refractivity (Wildman–Crippen MR) is 92.6 cm³/mol. The Bertz CT molecular complexity index is 759. The molecule has 0 spiro atoms. The normalized spacial score (nSPS) is 20.8. The molecule has 7 heteroatoms. The first-order valence-corrected chi connectivity index (χ1v) is 8.71. The van der Waals surface area contributed by atoms with Gasteiger partial charge >= 0.3 is 0 Å². The lowest BCUT2D eigenvalue weighted by Crippen LogP contribution is -2.43. The van der Waals surface area contributed by atoms with Crippen LogP contribution in [0.3, 0.4) is 0 Å². The molecule has 1 amide bonds. The Kier molecular flexibility index (Phi) is 4.52. The van der Waals surface area contributed by atoms with Gasteiger partial charge in [-0.25, -0.2) is 0 Å². The number of fused-ring (bicyclic) bond motifs is 2. The van der Waals surface area contributed by atoms with E-state index in [1.54, 1.807) is 6.20 Å². The average molecular weight is 341 g/mol. The maximum Gasteiger partial charge on any atom is 0.241 e. The molecule has 1 unspecified atom stereocenters. The highest BCUT2D eigenvalue weighted by molar-refractivity contribution is 5.84. The molecule has 1 aromatic carbocycles. The number of hydrogen-bond acceptors (Lipinski definition) is 5. The largest absolute Gasteiger partial charge is 0.390 e. The molecule has 2 aliphatic rings. The van der Waals surface area contributed by atoms with Crippen molar-refractivity contribution in [2.45, 2.75) is 31.7 Å². The summed E-state index contributed by atoms with van der Waals surface area (Å²) in [6.45, 7) is 3.21. The van der Waals surface area contributed by atoms with E-state index in [0.717, 1.165) is 30.8 Å². The van der Waals surface area contributed by atoms with Crippen LogP contribution in [-0.2, 0) is 24.3 Å². The van der Waals surface area contributed by atoms with Crippen LogP contribution in [-0.4, -0.2) is 51.8 Å². The third kappa shape index (κ3) is 3.44. The number of aromatic amines is 1. The van der Waals surface area contributed by atoms with Crippen molar-refractivity contribution in [3.05, 3.63) is 52.8 Å². The van der Waals surface area contributed by atoms with Crippen LogP contribution in [0.5, 0.6) is 0 Å². The number of aromatic nitrogens is 2. The Hall–Kier alpha value is -2.22. The van der Waals surface area contributed by atoms with E-state index < -0.39 is 6.10 Å². The van der Waals surface area contributed by atoms with Gasteiger partial charge in [0.15, 0.2) is 0 Å². The third-order valence-corrected chi connectivity index (χ3v) is 5.00. The number of nitrogens with zero attached hydrogens (tertiary/aromatic N) is 2. The van der Waals surface area contributed by atoms with E-state index in [1.807, 2.05) is 0 Å². The summed E-state index contributed by atoms with van der Waals surface area (Å²) >= 11 is 0. The number of H-pyrrole nitrogens is 1. The molecule has 2 aromatic rings. The first-order valence-electron chi connectivity index (χ1n) is 8.71. The summed E-state index contributed by atoms with van der Waals surface area (Å²) in [6.07, 6.45) is 2.10. The lowest BCUT2D eigenvalue weighted by molar-refractivity contribution is -0.123. The summed E-state index contributed by atoms with van der Waals surface area (Å²) in [5, 5.41) is 23.1. The monoisotopic (exact) mass is 341 g/mol. The molecule has 2 atom stereocenters. The average Bonchev–Trinajstić information content (AvgIpc) is 3.23. The number of benzene rings is 1. The van der Waals surface area contributed by atoms with E-state index in [4.69, 9.17) is 0 Å². The van der Waals surface area contributed by atoms with E-state index >= 15 is 0 Å². The van der Waals surface area contributed by atoms with Gasteiger partial charge in [-0.1, -0.05) is 24.3 Å². The zero-order valence-corrected chi connectivity index (χ0v) is 14.0. The highest BCUT2D eigenvalue weighted by Crippen LogP contribution is 2.23. The minimum atomic E-state index is -0.584. The highest BCUT2D eigenvalue weighted by atomic mass is 16.3. The van der Waals surface area contributed by atoms with E-state index in [2.05, 4.69) is 50.0 Å². The van der Waals surface area contributed by atoms with E-state index in [0.29, 0.717) is 13.1 Å². The molecule has 132 valence electrons. The molecule has 0 saturated heterocycles. The number of hydrogen-bond donors (Lipinski definition) is 4. The molecule has 0 fully saturated rings. The second-order valence-corrected chi connectivity index (χ2v) is 6.77. The van der Waals surface area contributed by atoms with Crippen LogP contribution in [0.25, 0.3) is 0 Å². The fourth-order valence-electron chi connectivity index (χ4n) is 3.65. The summed E-state index contributed by atoms with van der Waals surface area (Å²) < 4.78 is 0. The smallest absolute Gasteiger partial charge is 0.241 e. The minimum absolute atomic E-state index is 0.122. The van der Waals surface area contributed by atoms with E-state index in [-0.39, 0.29) is 18.5 Å². The summed E-state index contributed by atoms with van der Waals surface area (Å²) in [7, 11) is 0. The molecule has 0 saturated carbocycles. The lowest BCUT2D eigenvalue weighted by atomic mass is 10.00. The van der Waals surface area contributed by atoms with Crippen LogP contribution in [0, 0.1) is 0 Å². The Labute approximate surface area is 146 Å². The Morgan fingerprint density at radius 1 is 1.40 bits per heavy atom. The maximum atomic E-state index is 12.3. The number of β-amino-alcohol motifs (C(OH)–C–C–N with tert-alkyl or cyclic N) is 1. The molecule has 7 nitrogen and oxygen atoms in total. The van der Waals surface area contributed by atoms with Gasteiger partial charge in [0.25, 0.3) is 0 Å². The molecule has 4 N–H and O–H groups in total. The Morgan fingerprint density at radius 2 is 2.24 bits per heavy atom. The first-order chi connectivity index (χ1) is 12.2. The van der Waals surface area contributed by atoms with Crippen molar-refractivity contribution >= 4 is 5.91 Å². The number of rotatable bonds is 5. The molecule has 0 bridgehead atoms. The van der Waals surface area contributed by atoms with Crippen LogP contribution in [0.1, 0.15) is 28.4 Å². The lowest BCUT2D eigenvalue weighted by Gasteiger charge is -2.30. The van der Waals surface area contributed by atoms with Crippen molar-refractivity contribution in [1.29, 1.82) is 0 Å². The number of amides is 1. The quantitative estimate of drug-likeness (QED) is 0.618. The molecule has 3 heterocycles. The molecule has 25 heavy (non-hydrogen) atoms. The summed E-state index contributed by atoms with van der Waals surface area (Å²) in [6, 6.07) is 8.05. The molecule has 0 radical (unpaired) electrons. The highest BCUT2D eigenvalue weighted by Gasteiger charge is 2.30. The van der Waals surface area contributed by atoms with Crippen LogP contribution in [0.15, 0.2) is 30.5 Å². The summed E-state index contributed by atoms with van der Waals surface area (Å²) in [5.41, 5.74) is 4.56. The van der Waals surface area contributed by atoms with Crippen molar-refractivity contribution in [3.8, 4) is 0 Å². The predicted octanol–water partition coefficient (Wildman–Crippen LogP) is 0.0894. The number of aliphatic hydroxyl groups excluding tert-OH is 1. The number of nitrogens with one attached hydrogen (secondary N) is 3. The number of carbonyl (C=O) groups excluding carboxylic acids is 1. The molecule has 1 aromatic heterocycles. The Balaban J connectivity index is 1.26. The third-order valence-electron chi connectivity index (χ3n) is 5.00. The second kappa shape index (κ2) is 6.95. The van der Waals surface area contributed by atoms with Gasteiger partial charge in [0.2, 0.25) is 5.91 Å². The standard InChI is InChI=1S/C18H23N5O2/c24-14(11-23-6-5-12-3-1-2-4-13(12)10-23)7-20-18(25)17-15-8-21-22-16(15)9-19-17/h1-4,8,14,17,19,24H,5-7,9-11H2,(H,20,25)(H,21,22)/t14-,17?/m1/s1. The van der Waals surface area contributed by atoms with Crippen LogP contribution >= 0.6 is 0 Å². The summed E-state index contributed by atoms with van der Waals surface area (Å²) in [5.74, 6) is -0.122. The van der Waals surface area contributed by atoms with Crippen molar-refractivity contribution in [3.63, 3.8) is 0 Å². The van der Waals surface area contributed by atoms with Crippen molar-refractivity contribution in [2.75, 3.05) is 19.6 Å². The van der Waals surface area contributed by atoms with Crippen LogP contribution in [0.4, 0.5) is 0 Å². The van der Waals surface area contributed by atoms with Crippen molar-refractivity contribution < 1.29 is 9.90 Å². The van der Waals surface area contributed by atoms with Gasteiger partial charge in [-0.2, -0.15) is 5.10 Å². The van der Waals surface area contributed by atoms with E-state index in [1.165, 1.54) is 11.1 Å². The van der Waals surface area contributed by atoms with Gasteiger partial charge in [-0.05, 0) is 17.5 Å². The van der Waals surface area contributed by atoms with Crippen LogP contribution in [0.2, 0.25) is 0 Å². The maximum absolute atomic E-state index is 12.3. The molecule has 4 rings (SSSR count). The van der Waals surface area contributed by atoms with Crippen molar-refractivity contribution in [1.82, 2.24) is 25.7 Å². The Morgan fingerprint density at radius 3 is 3.12 bits per heavy atom. The van der Waals surface area contributed by atoms with Gasteiger partial charge in [0.05, 0.1) is 18.0 Å².